The molecule has 0 aromatic heterocycles. The van der Waals surface area contributed by atoms with Crippen LogP contribution in [0, 0.1) is 0 Å². The summed E-state index contributed by atoms with van der Waals surface area (Å²) in [5.41, 5.74) is 0.441. The van der Waals surface area contributed by atoms with Crippen molar-refractivity contribution < 1.29 is 20.1 Å². The first kappa shape index (κ1) is 13.6. The number of hydrogen-bond acceptors (Lipinski definition) is 5. The molecule has 1 rings (SSSR count). The molecule has 0 heterocycles. The highest BCUT2D eigenvalue weighted by molar-refractivity contribution is 9.10. The molecular formula is C10H13BrO4S. The topological polar surface area (TPSA) is 69.9 Å². The summed E-state index contributed by atoms with van der Waals surface area (Å²) in [6.07, 6.45) is -2.06. The van der Waals surface area contributed by atoms with Crippen LogP contribution in [0.25, 0.3) is 0 Å². The highest BCUT2D eigenvalue weighted by Crippen LogP contribution is 2.36. The summed E-state index contributed by atoms with van der Waals surface area (Å²) in [6, 6.07) is 2.87. The predicted molar refractivity (Wildman–Crippen MR) is 67.2 cm³/mol. The molecule has 0 fully saturated rings. The number of hydrogen-bond donors (Lipinski definition) is 4. The standard InChI is InChI=1S/C10H13BrO4S/c1-15-9-2-5(6(11)3-7(9)12)10(14)8(13)4-16/h2-3,8,10,12-14,16H,4H2,1H3. The van der Waals surface area contributed by atoms with Gasteiger partial charge in [-0.2, -0.15) is 12.6 Å². The first-order valence-corrected chi connectivity index (χ1v) is 5.97. The Morgan fingerprint density at radius 1 is 1.44 bits per heavy atom. The minimum atomic E-state index is -1.08. The van der Waals surface area contributed by atoms with Crippen molar-refractivity contribution in [2.45, 2.75) is 12.2 Å². The van der Waals surface area contributed by atoms with Gasteiger partial charge in [-0.05, 0) is 12.1 Å². The van der Waals surface area contributed by atoms with Crippen LogP contribution in [0.5, 0.6) is 11.5 Å². The first-order valence-electron chi connectivity index (χ1n) is 4.54. The molecule has 0 saturated heterocycles. The van der Waals surface area contributed by atoms with Crippen LogP contribution in [0.3, 0.4) is 0 Å². The molecule has 2 unspecified atom stereocenters. The number of aromatic hydroxyl groups is 1. The summed E-state index contributed by atoms with van der Waals surface area (Å²) in [7, 11) is 1.41. The zero-order valence-electron chi connectivity index (χ0n) is 8.59. The smallest absolute Gasteiger partial charge is 0.160 e. The van der Waals surface area contributed by atoms with Gasteiger partial charge < -0.3 is 20.1 Å². The third kappa shape index (κ3) is 2.82. The van der Waals surface area contributed by atoms with E-state index in [2.05, 4.69) is 28.6 Å². The molecule has 16 heavy (non-hydrogen) atoms. The Morgan fingerprint density at radius 3 is 2.56 bits per heavy atom. The van der Waals surface area contributed by atoms with E-state index in [0.717, 1.165) is 0 Å². The fourth-order valence-electron chi connectivity index (χ4n) is 1.26. The van der Waals surface area contributed by atoms with E-state index in [-0.39, 0.29) is 17.3 Å². The third-order valence-corrected chi connectivity index (χ3v) is 3.23. The van der Waals surface area contributed by atoms with E-state index in [1.807, 2.05) is 0 Å². The lowest BCUT2D eigenvalue weighted by Gasteiger charge is -2.18. The number of benzene rings is 1. The van der Waals surface area contributed by atoms with Crippen molar-refractivity contribution in [2.75, 3.05) is 12.9 Å². The molecule has 0 radical (unpaired) electrons. The first-order chi connectivity index (χ1) is 7.51. The van der Waals surface area contributed by atoms with E-state index >= 15 is 0 Å². The maximum atomic E-state index is 9.81. The Kier molecular flexibility index (Phi) is 4.91. The van der Waals surface area contributed by atoms with E-state index in [4.69, 9.17) is 4.74 Å². The van der Waals surface area contributed by atoms with Crippen molar-refractivity contribution in [1.82, 2.24) is 0 Å². The van der Waals surface area contributed by atoms with Crippen LogP contribution in [-0.2, 0) is 0 Å². The molecule has 3 N–H and O–H groups in total. The Labute approximate surface area is 107 Å². The van der Waals surface area contributed by atoms with Crippen molar-refractivity contribution in [3.05, 3.63) is 22.2 Å². The number of ether oxygens (including phenoxy) is 1. The molecule has 4 nitrogen and oxygen atoms in total. The van der Waals surface area contributed by atoms with Crippen molar-refractivity contribution in [1.29, 1.82) is 0 Å². The number of rotatable bonds is 4. The Bertz CT molecular complexity index is 372. The molecule has 2 atom stereocenters. The van der Waals surface area contributed by atoms with Gasteiger partial charge >= 0.3 is 0 Å². The number of phenols is 1. The van der Waals surface area contributed by atoms with Crippen LogP contribution in [0.15, 0.2) is 16.6 Å². The summed E-state index contributed by atoms with van der Waals surface area (Å²) >= 11 is 7.10. The number of methoxy groups -OCH3 is 1. The van der Waals surface area contributed by atoms with Gasteiger partial charge in [-0.15, -0.1) is 0 Å². The summed E-state index contributed by atoms with van der Waals surface area (Å²) in [4.78, 5) is 0. The third-order valence-electron chi connectivity index (χ3n) is 2.17. The molecule has 1 aromatic carbocycles. The van der Waals surface area contributed by atoms with Gasteiger partial charge in [0.2, 0.25) is 0 Å². The zero-order valence-corrected chi connectivity index (χ0v) is 11.1. The van der Waals surface area contributed by atoms with Crippen LogP contribution in [0.1, 0.15) is 11.7 Å². The van der Waals surface area contributed by atoms with Gasteiger partial charge in [0.25, 0.3) is 0 Å². The Morgan fingerprint density at radius 2 is 2.06 bits per heavy atom. The van der Waals surface area contributed by atoms with Gasteiger partial charge in [0.15, 0.2) is 11.5 Å². The quantitative estimate of drug-likeness (QED) is 0.636. The van der Waals surface area contributed by atoms with Crippen LogP contribution in [0.4, 0.5) is 0 Å². The van der Waals surface area contributed by atoms with Gasteiger partial charge in [-0.1, -0.05) is 15.9 Å². The molecular weight excluding hydrogens is 296 g/mol. The number of thiol groups is 1. The molecule has 0 aliphatic heterocycles. The molecule has 0 saturated carbocycles. The van der Waals surface area contributed by atoms with Crippen molar-refractivity contribution >= 4 is 28.6 Å². The number of aliphatic hydroxyl groups excluding tert-OH is 2. The second kappa shape index (κ2) is 5.77. The predicted octanol–water partition coefficient (Wildman–Crippen LogP) is 1.49. The minimum absolute atomic E-state index is 0.0364. The SMILES string of the molecule is COc1cc(C(O)C(O)CS)c(Br)cc1O. The minimum Gasteiger partial charge on any atom is -0.504 e. The van der Waals surface area contributed by atoms with E-state index in [1.54, 1.807) is 0 Å². The Hall–Kier alpha value is -0.430. The van der Waals surface area contributed by atoms with E-state index < -0.39 is 12.2 Å². The summed E-state index contributed by atoms with van der Waals surface area (Å²) < 4.78 is 5.42. The highest BCUT2D eigenvalue weighted by Gasteiger charge is 2.21. The van der Waals surface area contributed by atoms with Gasteiger partial charge in [0.05, 0.1) is 13.2 Å². The average Bonchev–Trinajstić information content (AvgIpc) is 2.27. The molecule has 6 heteroatoms. The van der Waals surface area contributed by atoms with Gasteiger partial charge in [0, 0.05) is 15.8 Å². The lowest BCUT2D eigenvalue weighted by atomic mass is 10.0. The summed E-state index contributed by atoms with van der Waals surface area (Å²) in [6.45, 7) is 0. The molecule has 90 valence electrons. The average molecular weight is 309 g/mol. The maximum Gasteiger partial charge on any atom is 0.160 e. The lowest BCUT2D eigenvalue weighted by molar-refractivity contribution is 0.0331. The second-order valence-corrected chi connectivity index (χ2v) is 4.46. The Balaban J connectivity index is 3.13. The van der Waals surface area contributed by atoms with E-state index in [1.165, 1.54) is 19.2 Å². The molecule has 0 bridgehead atoms. The molecule has 1 aromatic rings. The maximum absolute atomic E-state index is 9.81. The van der Waals surface area contributed by atoms with Crippen LogP contribution in [0.2, 0.25) is 0 Å². The van der Waals surface area contributed by atoms with Gasteiger partial charge in [-0.25, -0.2) is 0 Å². The zero-order chi connectivity index (χ0) is 12.3. The molecule has 0 aliphatic carbocycles. The largest absolute Gasteiger partial charge is 0.504 e. The second-order valence-electron chi connectivity index (χ2n) is 3.24. The number of aliphatic hydroxyl groups is 2. The van der Waals surface area contributed by atoms with Crippen molar-refractivity contribution in [2.24, 2.45) is 0 Å². The fraction of sp³-hybridized carbons (Fsp3) is 0.400. The van der Waals surface area contributed by atoms with Gasteiger partial charge in [-0.3, -0.25) is 0 Å². The van der Waals surface area contributed by atoms with Gasteiger partial charge in [0.1, 0.15) is 6.10 Å². The number of halogens is 1. The highest BCUT2D eigenvalue weighted by atomic mass is 79.9. The monoisotopic (exact) mass is 308 g/mol. The molecule has 0 amide bonds. The van der Waals surface area contributed by atoms with Crippen molar-refractivity contribution in [3.63, 3.8) is 0 Å². The number of phenolic OH excluding ortho intramolecular Hbond substituents is 1. The van der Waals surface area contributed by atoms with Crippen molar-refractivity contribution in [3.8, 4) is 11.5 Å². The van der Waals surface area contributed by atoms with E-state index in [9.17, 15) is 15.3 Å². The van der Waals surface area contributed by atoms with Crippen LogP contribution < -0.4 is 4.74 Å². The van der Waals surface area contributed by atoms with Crippen LogP contribution >= 0.6 is 28.6 Å². The molecule has 0 spiro atoms. The summed E-state index contributed by atoms with van der Waals surface area (Å²) in [5, 5.41) is 28.8. The summed E-state index contributed by atoms with van der Waals surface area (Å²) in [5.74, 6) is 0.339. The normalized spacial score (nSPS) is 14.6. The molecule has 0 aliphatic rings. The van der Waals surface area contributed by atoms with E-state index in [0.29, 0.717) is 10.0 Å². The fourth-order valence-corrected chi connectivity index (χ4v) is 2.02. The van der Waals surface area contributed by atoms with Crippen LogP contribution in [-0.4, -0.2) is 34.3 Å². The lowest BCUT2D eigenvalue weighted by Crippen LogP contribution is -2.20.